The Kier molecular flexibility index (Phi) is 3.64. The maximum absolute atomic E-state index is 12.4. The van der Waals surface area contributed by atoms with Gasteiger partial charge in [-0.2, -0.15) is 8.78 Å². The van der Waals surface area contributed by atoms with Gasteiger partial charge in [-0.3, -0.25) is 4.90 Å². The van der Waals surface area contributed by atoms with E-state index in [1.807, 2.05) is 0 Å². The zero-order valence-electron chi connectivity index (χ0n) is 6.55. The fourth-order valence-corrected chi connectivity index (χ4v) is 0.618. The molecule has 0 saturated heterocycles. The molecule has 0 aromatic heterocycles. The molecule has 0 atom stereocenters. The molecule has 0 aliphatic carbocycles. The molecule has 3 nitrogen and oxygen atoms in total. The van der Waals surface area contributed by atoms with Crippen LogP contribution in [0.15, 0.2) is 0 Å². The van der Waals surface area contributed by atoms with E-state index in [9.17, 15) is 13.6 Å². The van der Waals surface area contributed by atoms with Crippen LogP contribution in [0.4, 0.5) is 8.78 Å². The second-order valence-corrected chi connectivity index (χ2v) is 2.39. The molecule has 1 N–H and O–H groups in total. The Labute approximate surface area is 69.0 Å². The van der Waals surface area contributed by atoms with Crippen LogP contribution in [0.2, 0.25) is 0 Å². The molecule has 0 unspecified atom stereocenters. The summed E-state index contributed by atoms with van der Waals surface area (Å²) in [6.45, 7) is -0.866. The monoisotopic (exact) mass is 177 g/mol. The summed E-state index contributed by atoms with van der Waals surface area (Å²) in [6, 6.07) is 0. The van der Waals surface area contributed by atoms with Crippen molar-refractivity contribution in [2.75, 3.05) is 20.1 Å². The Bertz CT molecular complexity index is 210. The van der Waals surface area contributed by atoms with Crippen molar-refractivity contribution >= 4 is 5.97 Å². The van der Waals surface area contributed by atoms with Gasteiger partial charge in [0, 0.05) is 0 Å². The molecule has 0 spiro atoms. The van der Waals surface area contributed by atoms with Crippen LogP contribution in [-0.4, -0.2) is 42.0 Å². The van der Waals surface area contributed by atoms with Gasteiger partial charge in [0.2, 0.25) is 0 Å². The zero-order chi connectivity index (χ0) is 9.78. The highest BCUT2D eigenvalue weighted by Gasteiger charge is 2.39. The average Bonchev–Trinajstić information content (AvgIpc) is 1.85. The van der Waals surface area contributed by atoms with Crippen LogP contribution in [0.3, 0.4) is 0 Å². The highest BCUT2D eigenvalue weighted by Crippen LogP contribution is 2.14. The number of alkyl halides is 2. The molecule has 0 saturated carbocycles. The van der Waals surface area contributed by atoms with E-state index in [2.05, 4.69) is 5.92 Å². The van der Waals surface area contributed by atoms with E-state index in [-0.39, 0.29) is 6.54 Å². The molecule has 0 heterocycles. The van der Waals surface area contributed by atoms with Gasteiger partial charge in [0.15, 0.2) is 0 Å². The third kappa shape index (κ3) is 3.30. The van der Waals surface area contributed by atoms with Gasteiger partial charge >= 0.3 is 11.9 Å². The first-order valence-corrected chi connectivity index (χ1v) is 3.13. The normalized spacial score (nSPS) is 11.2. The Hall–Kier alpha value is -1.15. The standard InChI is InChI=1S/C7H9F2NO2/c1-3-4-10(2)5-7(8,9)6(11)12/h1H,4-5H2,2H3,(H,11,12). The van der Waals surface area contributed by atoms with E-state index in [4.69, 9.17) is 11.5 Å². The summed E-state index contributed by atoms with van der Waals surface area (Å²) in [5, 5.41) is 8.03. The van der Waals surface area contributed by atoms with Crippen LogP contribution in [-0.2, 0) is 4.79 Å². The molecule has 5 heteroatoms. The molecule has 12 heavy (non-hydrogen) atoms. The lowest BCUT2D eigenvalue weighted by atomic mass is 10.3. The lowest BCUT2D eigenvalue weighted by Crippen LogP contribution is -2.40. The molecule has 0 aromatic carbocycles. The second kappa shape index (κ2) is 4.02. The summed E-state index contributed by atoms with van der Waals surface area (Å²) < 4.78 is 24.8. The number of hydrogen-bond donors (Lipinski definition) is 1. The molecule has 68 valence electrons. The van der Waals surface area contributed by atoms with Crippen molar-refractivity contribution in [2.45, 2.75) is 5.92 Å². The van der Waals surface area contributed by atoms with Gasteiger partial charge in [-0.15, -0.1) is 6.42 Å². The van der Waals surface area contributed by atoms with Gasteiger partial charge in [-0.05, 0) is 7.05 Å². The number of aliphatic carboxylic acids is 1. The fraction of sp³-hybridized carbons (Fsp3) is 0.571. The topological polar surface area (TPSA) is 40.5 Å². The molecular formula is C7H9F2NO2. The molecular weight excluding hydrogens is 168 g/mol. The summed E-state index contributed by atoms with van der Waals surface area (Å²) >= 11 is 0. The van der Waals surface area contributed by atoms with Crippen LogP contribution in [0.1, 0.15) is 0 Å². The van der Waals surface area contributed by atoms with Crippen molar-refractivity contribution in [2.24, 2.45) is 0 Å². The first-order valence-electron chi connectivity index (χ1n) is 3.13. The van der Waals surface area contributed by atoms with Crippen LogP contribution in [0.5, 0.6) is 0 Å². The van der Waals surface area contributed by atoms with Crippen molar-refractivity contribution in [3.05, 3.63) is 0 Å². The average molecular weight is 177 g/mol. The summed E-state index contributed by atoms with van der Waals surface area (Å²) in [7, 11) is 1.33. The second-order valence-electron chi connectivity index (χ2n) is 2.39. The van der Waals surface area contributed by atoms with Crippen LogP contribution >= 0.6 is 0 Å². The summed E-state index contributed by atoms with van der Waals surface area (Å²) in [4.78, 5) is 11.0. The van der Waals surface area contributed by atoms with Crippen LogP contribution < -0.4 is 0 Å². The number of carboxylic acids is 1. The molecule has 0 rings (SSSR count). The van der Waals surface area contributed by atoms with Crippen LogP contribution in [0.25, 0.3) is 0 Å². The number of rotatable bonds is 4. The van der Waals surface area contributed by atoms with E-state index >= 15 is 0 Å². The third-order valence-corrected chi connectivity index (χ3v) is 1.14. The lowest BCUT2D eigenvalue weighted by molar-refractivity contribution is -0.166. The Morgan fingerprint density at radius 3 is 2.58 bits per heavy atom. The molecule has 0 bridgehead atoms. The largest absolute Gasteiger partial charge is 0.477 e. The summed E-state index contributed by atoms with van der Waals surface area (Å²) in [5.74, 6) is -3.73. The Morgan fingerprint density at radius 1 is 1.75 bits per heavy atom. The molecule has 0 radical (unpaired) electrons. The van der Waals surface area contributed by atoms with E-state index in [0.717, 1.165) is 4.90 Å². The van der Waals surface area contributed by atoms with Crippen molar-refractivity contribution in [1.82, 2.24) is 4.90 Å². The van der Waals surface area contributed by atoms with Gasteiger partial charge in [0.05, 0.1) is 13.1 Å². The van der Waals surface area contributed by atoms with Gasteiger partial charge in [-0.25, -0.2) is 4.79 Å². The maximum atomic E-state index is 12.4. The number of hydrogen-bond acceptors (Lipinski definition) is 2. The van der Waals surface area contributed by atoms with Gasteiger partial charge in [-0.1, -0.05) is 5.92 Å². The first kappa shape index (κ1) is 10.8. The van der Waals surface area contributed by atoms with E-state index in [1.165, 1.54) is 7.05 Å². The minimum Gasteiger partial charge on any atom is -0.477 e. The molecule has 0 aromatic rings. The molecule has 0 aliphatic rings. The van der Waals surface area contributed by atoms with Crippen molar-refractivity contribution in [1.29, 1.82) is 0 Å². The van der Waals surface area contributed by atoms with Crippen molar-refractivity contribution in [3.63, 3.8) is 0 Å². The predicted molar refractivity (Wildman–Crippen MR) is 38.9 cm³/mol. The van der Waals surface area contributed by atoms with E-state index in [1.54, 1.807) is 0 Å². The number of carboxylic acid groups (broad SMARTS) is 1. The minimum atomic E-state index is -3.73. The van der Waals surface area contributed by atoms with Crippen molar-refractivity contribution < 1.29 is 18.7 Å². The summed E-state index contributed by atoms with van der Waals surface area (Å²) in [6.07, 6.45) is 4.84. The minimum absolute atomic E-state index is 0.00285. The third-order valence-electron chi connectivity index (χ3n) is 1.14. The Morgan fingerprint density at radius 2 is 2.25 bits per heavy atom. The first-order chi connectivity index (χ1) is 5.40. The van der Waals surface area contributed by atoms with Crippen molar-refractivity contribution in [3.8, 4) is 12.3 Å². The van der Waals surface area contributed by atoms with Gasteiger partial charge in [0.1, 0.15) is 0 Å². The lowest BCUT2D eigenvalue weighted by Gasteiger charge is -2.18. The molecule has 0 aliphatic heterocycles. The van der Waals surface area contributed by atoms with Gasteiger partial charge < -0.3 is 5.11 Å². The number of nitrogens with zero attached hydrogens (tertiary/aromatic N) is 1. The van der Waals surface area contributed by atoms with Crippen LogP contribution in [0, 0.1) is 12.3 Å². The zero-order valence-corrected chi connectivity index (χ0v) is 6.55. The molecule has 0 amide bonds. The fourth-order valence-electron chi connectivity index (χ4n) is 0.618. The van der Waals surface area contributed by atoms with E-state index < -0.39 is 18.4 Å². The molecule has 0 fully saturated rings. The van der Waals surface area contributed by atoms with E-state index in [0.29, 0.717) is 0 Å². The highest BCUT2D eigenvalue weighted by atomic mass is 19.3. The van der Waals surface area contributed by atoms with Gasteiger partial charge in [0.25, 0.3) is 0 Å². The Balaban J connectivity index is 4.07. The summed E-state index contributed by atoms with van der Waals surface area (Å²) in [5.41, 5.74) is 0. The predicted octanol–water partition coefficient (Wildman–Crippen LogP) is 0.271. The number of carbonyl (C=O) groups is 1. The number of terminal acetylenes is 1. The maximum Gasteiger partial charge on any atom is 0.375 e. The smallest absolute Gasteiger partial charge is 0.375 e. The SMILES string of the molecule is C#CCN(C)CC(F)(F)C(=O)O. The number of halogens is 2. The quantitative estimate of drug-likeness (QED) is 0.626. The highest BCUT2D eigenvalue weighted by molar-refractivity contribution is 5.75.